The Labute approximate surface area is 862 Å². The number of carbonyl (C=O) groups excluding carboxylic acids is 4. The highest BCUT2D eigenvalue weighted by Gasteiger charge is 2.36. The molecule has 9 heterocycles. The summed E-state index contributed by atoms with van der Waals surface area (Å²) >= 11 is 52.5. The zero-order chi connectivity index (χ0) is 103. The highest BCUT2D eigenvalue weighted by Crippen LogP contribution is 2.51. The molecule has 12 aromatic rings. The smallest absolute Gasteiger partial charge is 0.278 e. The standard InChI is InChI=1S/C25H27Cl2N5O4.C25H26Cl2N4O5.C25H26Cl2N4O4.C24H26Cl2N6O4/c1-5-19(33)29-15-8-7-9-16(15)30-25-28-12-13-10-14(24(34)32(6-2)23(13)31-25)20-21(26)17(35-3)11-18(36-4)22(20)27;1-5-21(32)30-15-6-7-36-12-16(15)29-20-9-17-13(11-28-20)8-14(25(33)31(17)2)22-23(26)18(34-3)10-19(35-4)24(22)27;1-5-21(32)29-17-8-13(2)35-12-18(17)31-25-28-11-15-9-14(6-7-16(15)30-25)22-23(26)19(33-3)10-20(34-4)24(22)27;1-5-17(33)28-12-8-7-9-13(12)30-24-27-11-14-22(31-24)32(6-2)23(34)21(29-14)18-19(25)15(35-3)10-16(36-4)20(18)26/h5,10-12,15-16H,1,6-9H2,2-4H3,(H,29,33)(H,28,30,31);5,8-11,15-16H,1,6-7,12H2,2-4H3,(H,28,29)(H,30,32);5-7,9-11,13,17-18H,1,8,12H2,2-4H3,(H,29,32)(H,28,30,31);5,10-13H,1,6-9H2,2-4H3,(H,28,33)(H,27,30,31)/t2*15-,16+;13-,17-,18+;12-,13+/m0000/s1. The summed E-state index contributed by atoms with van der Waals surface area (Å²) in [5.74, 6) is 3.61. The summed E-state index contributed by atoms with van der Waals surface area (Å²) in [5, 5.41) is 29.0. The molecule has 9 atom stereocenters. The predicted octanol–water partition coefficient (Wildman–Crippen LogP) is 16.9. The van der Waals surface area contributed by atoms with Crippen LogP contribution in [0.3, 0.4) is 0 Å². The number of rotatable bonds is 30. The van der Waals surface area contributed by atoms with Gasteiger partial charge in [-0.1, -0.05) is 125 Å². The number of amides is 4. The number of anilines is 4. The van der Waals surface area contributed by atoms with Crippen LogP contribution in [-0.2, 0) is 48.8 Å². The number of aromatic nitrogens is 11. The van der Waals surface area contributed by atoms with Gasteiger partial charge in [0.1, 0.15) is 68.7 Å². The van der Waals surface area contributed by atoms with Gasteiger partial charge in [-0.05, 0) is 126 Å². The fourth-order valence-electron chi connectivity index (χ4n) is 17.2. The number of benzene rings is 5. The van der Waals surface area contributed by atoms with E-state index in [0.717, 1.165) is 55.0 Å². The molecule has 2 aliphatic heterocycles. The summed E-state index contributed by atoms with van der Waals surface area (Å²) in [6.45, 7) is 21.7. The number of methoxy groups -OCH3 is 8. The van der Waals surface area contributed by atoms with Gasteiger partial charge in [-0.25, -0.2) is 29.9 Å². The molecule has 5 aromatic carbocycles. The third-order valence-electron chi connectivity index (χ3n) is 24.5. The molecule has 0 spiro atoms. The van der Waals surface area contributed by atoms with Crippen molar-refractivity contribution in [1.82, 2.24) is 74.8 Å². The van der Waals surface area contributed by atoms with Gasteiger partial charge in [0.05, 0.1) is 174 Å². The van der Waals surface area contributed by atoms with Crippen LogP contribution in [0, 0.1) is 0 Å². The first kappa shape index (κ1) is 107. The molecule has 44 heteroatoms. The Kier molecular flexibility index (Phi) is 36.3. The van der Waals surface area contributed by atoms with Crippen LogP contribution in [0.25, 0.3) is 88.6 Å². The van der Waals surface area contributed by atoms with E-state index in [1.54, 1.807) is 72.7 Å². The Hall–Kier alpha value is -13.0. The van der Waals surface area contributed by atoms with Gasteiger partial charge in [0.2, 0.25) is 41.5 Å². The highest BCUT2D eigenvalue weighted by atomic mass is 35.5. The zero-order valence-electron chi connectivity index (χ0n) is 80.0. The summed E-state index contributed by atoms with van der Waals surface area (Å²) in [4.78, 5) is 124. The number of nitrogens with one attached hydrogen (secondary N) is 8. The Morgan fingerprint density at radius 1 is 0.413 bits per heavy atom. The van der Waals surface area contributed by atoms with Crippen molar-refractivity contribution in [3.05, 3.63) is 207 Å². The molecule has 16 rings (SSSR count). The maximum absolute atomic E-state index is 13.6. The Bertz CT molecular complexity index is 6780. The molecule has 0 bridgehead atoms. The van der Waals surface area contributed by atoms with Crippen molar-refractivity contribution in [3.8, 4) is 90.6 Å². The number of ether oxygens (including phenoxy) is 10. The van der Waals surface area contributed by atoms with E-state index in [2.05, 4.69) is 109 Å². The van der Waals surface area contributed by atoms with Gasteiger partial charge in [0, 0.05) is 133 Å². The lowest BCUT2D eigenvalue weighted by Gasteiger charge is -2.35. The topological polar surface area (TPSA) is 426 Å². The molecule has 2 saturated heterocycles. The fourth-order valence-corrected chi connectivity index (χ4v) is 20.0. The van der Waals surface area contributed by atoms with Gasteiger partial charge in [-0.3, -0.25) is 42.7 Å². The third-order valence-corrected chi connectivity index (χ3v) is 27.5. The molecule has 0 radical (unpaired) electrons. The SMILES string of the molecule is C=CC(=O)N[C@H]1CCC[C@H]1Nc1ncc2cc(-c3c(Cl)c(OC)cc(OC)c3Cl)c(=O)n(CC)c2n1.C=CC(=O)N[C@H]1CCC[C@H]1Nc1ncc2nc(-c3c(Cl)c(OC)cc(OC)c3Cl)c(=O)n(CC)c2n1.C=CC(=O)N[C@H]1CCOC[C@H]1Nc1cc2c(cn1)cc(-c1c(Cl)c(OC)cc(OC)c1Cl)c(=O)n2C.C=CC(=O)N[C@H]1C[C@H](C)OC[C@H]1Nc1ncc2cc(-c3c(Cl)c(OC)cc(OC)c3Cl)ccc2n1. The number of halogens is 8. The second kappa shape index (κ2) is 48.4. The average Bonchev–Trinajstić information content (AvgIpc) is 0.889. The van der Waals surface area contributed by atoms with Crippen molar-refractivity contribution in [2.45, 2.75) is 140 Å². The van der Waals surface area contributed by atoms with Crippen molar-refractivity contribution in [2.75, 3.05) is 98.0 Å². The van der Waals surface area contributed by atoms with Crippen LogP contribution in [0.5, 0.6) is 46.0 Å². The van der Waals surface area contributed by atoms with Gasteiger partial charge in [0.15, 0.2) is 5.65 Å². The maximum atomic E-state index is 13.6. The van der Waals surface area contributed by atoms with Crippen molar-refractivity contribution < 1.29 is 66.5 Å². The summed E-state index contributed by atoms with van der Waals surface area (Å²) in [7, 11) is 13.5. The van der Waals surface area contributed by atoms with Gasteiger partial charge in [-0.15, -0.1) is 0 Å². The Balaban J connectivity index is 0.000000160. The number of aryl methyl sites for hydroxylation is 3. The highest BCUT2D eigenvalue weighted by molar-refractivity contribution is 6.43. The van der Waals surface area contributed by atoms with E-state index in [1.165, 1.54) is 96.5 Å². The predicted molar refractivity (Wildman–Crippen MR) is 559 cm³/mol. The van der Waals surface area contributed by atoms with Gasteiger partial charge in [-0.2, -0.15) is 9.97 Å². The van der Waals surface area contributed by atoms with Crippen LogP contribution in [-0.4, -0.2) is 208 Å². The van der Waals surface area contributed by atoms with Crippen LogP contribution in [0.15, 0.2) is 150 Å². The summed E-state index contributed by atoms with van der Waals surface area (Å²) in [6, 6.07) is 16.2. The largest absolute Gasteiger partial charge is 0.495 e. The van der Waals surface area contributed by atoms with Crippen molar-refractivity contribution in [1.29, 1.82) is 0 Å². The van der Waals surface area contributed by atoms with Crippen LogP contribution in [0.1, 0.15) is 72.1 Å². The molecule has 143 heavy (non-hydrogen) atoms. The summed E-state index contributed by atoms with van der Waals surface area (Å²) in [5.41, 5.74) is 4.35. The number of hydrogen-bond acceptors (Lipinski definition) is 29. The minimum absolute atomic E-state index is 0.0313. The molecule has 2 aliphatic carbocycles. The molecule has 754 valence electrons. The second-order valence-electron chi connectivity index (χ2n) is 33.0. The van der Waals surface area contributed by atoms with E-state index in [4.69, 9.17) is 140 Å². The maximum Gasteiger partial charge on any atom is 0.278 e. The monoisotopic (exact) mass is 2110 g/mol. The third kappa shape index (κ3) is 23.7. The number of carbonyl (C=O) groups is 4. The Morgan fingerprint density at radius 2 is 0.811 bits per heavy atom. The van der Waals surface area contributed by atoms with Crippen LogP contribution >= 0.6 is 92.8 Å². The van der Waals surface area contributed by atoms with Crippen LogP contribution in [0.2, 0.25) is 40.2 Å². The first-order valence-electron chi connectivity index (χ1n) is 45.1. The molecule has 36 nitrogen and oxygen atoms in total. The molecule has 2 saturated carbocycles. The molecular weight excluding hydrogens is 2010 g/mol. The van der Waals surface area contributed by atoms with Gasteiger partial charge in [0.25, 0.3) is 16.7 Å². The number of fused-ring (bicyclic) bond motifs is 4. The minimum Gasteiger partial charge on any atom is -0.495 e. The Morgan fingerprint density at radius 3 is 1.29 bits per heavy atom. The first-order valence-corrected chi connectivity index (χ1v) is 48.1. The summed E-state index contributed by atoms with van der Waals surface area (Å²) in [6.07, 6.45) is 18.2. The van der Waals surface area contributed by atoms with E-state index < -0.39 is 5.56 Å². The van der Waals surface area contributed by atoms with Crippen LogP contribution < -0.4 is 97.1 Å². The van der Waals surface area contributed by atoms with E-state index in [-0.39, 0.29) is 142 Å². The quantitative estimate of drug-likeness (QED) is 0.0194. The fraction of sp³-hybridized carbons (Fsp3) is 0.343. The van der Waals surface area contributed by atoms with E-state index in [1.807, 2.05) is 39.0 Å². The number of hydrogen-bond donors (Lipinski definition) is 8. The van der Waals surface area contributed by atoms with Crippen LogP contribution in [0.4, 0.5) is 23.7 Å². The molecule has 4 aliphatic rings. The molecular formula is C99H105Cl8N19O17. The van der Waals surface area contributed by atoms with Crippen molar-refractivity contribution in [3.63, 3.8) is 0 Å². The number of nitrogens with zero attached hydrogens (tertiary/aromatic N) is 11. The molecule has 7 aromatic heterocycles. The van der Waals surface area contributed by atoms with Gasteiger partial charge < -0.3 is 94.5 Å². The molecule has 4 fully saturated rings. The minimum atomic E-state index is -0.425. The van der Waals surface area contributed by atoms with Gasteiger partial charge >= 0.3 is 0 Å². The number of pyridine rings is 3. The molecule has 8 N–H and O–H groups in total. The van der Waals surface area contributed by atoms with E-state index >= 15 is 0 Å². The first-order chi connectivity index (χ1) is 68.8. The van der Waals surface area contributed by atoms with Crippen molar-refractivity contribution >= 4 is 184 Å². The average molecular weight is 2120 g/mol. The lowest BCUT2D eigenvalue weighted by Crippen LogP contribution is -2.53. The lowest BCUT2D eigenvalue weighted by molar-refractivity contribution is -0.119. The normalized spacial score (nSPS) is 17.9. The van der Waals surface area contributed by atoms with E-state index in [0.29, 0.717) is 175 Å². The van der Waals surface area contributed by atoms with Crippen molar-refractivity contribution in [2.24, 2.45) is 7.05 Å². The van der Waals surface area contributed by atoms with E-state index in [9.17, 15) is 33.6 Å². The lowest BCUT2D eigenvalue weighted by atomic mass is 9.99. The summed E-state index contributed by atoms with van der Waals surface area (Å²) < 4.78 is 58.8. The zero-order valence-corrected chi connectivity index (χ0v) is 86.0. The molecule has 4 amide bonds. The molecule has 0 unspecified atom stereocenters. The second-order valence-corrected chi connectivity index (χ2v) is 36.1.